The summed E-state index contributed by atoms with van der Waals surface area (Å²) in [6, 6.07) is 17.2. The second-order valence-corrected chi connectivity index (χ2v) is 3.04. The molecular formula is C12H14N2O2. The molecule has 1 amide bonds. The van der Waals surface area contributed by atoms with Gasteiger partial charge in [-0.1, -0.05) is 54.6 Å². The molecule has 0 saturated heterocycles. The Balaban J connectivity index is 2.68. The van der Waals surface area contributed by atoms with Crippen molar-refractivity contribution < 1.29 is 9.90 Å². The van der Waals surface area contributed by atoms with Gasteiger partial charge in [0.2, 0.25) is 0 Å². The maximum Gasteiger partial charge on any atom is 0.419 e. The Bertz CT molecular complexity index is 368. The standard InChI is InChI=1S/C12H14N2O2/c15-12(16)14-13-10-11-8-6-4-2-1-3-5-7-9-11/h1-9,13-14H,10H2,(H,15,16). The summed E-state index contributed by atoms with van der Waals surface area (Å²) in [5, 5.41) is 8.38. The van der Waals surface area contributed by atoms with Crippen molar-refractivity contribution in [2.24, 2.45) is 0 Å². The van der Waals surface area contributed by atoms with Crippen molar-refractivity contribution in [1.29, 1.82) is 0 Å². The van der Waals surface area contributed by atoms with Crippen LogP contribution < -0.4 is 10.9 Å². The predicted molar refractivity (Wildman–Crippen MR) is 62.1 cm³/mol. The molecule has 0 heterocycles. The molecule has 0 unspecified atom stereocenters. The summed E-state index contributed by atoms with van der Waals surface area (Å²) in [5.74, 6) is 0. The molecule has 16 heavy (non-hydrogen) atoms. The molecule has 0 spiro atoms. The van der Waals surface area contributed by atoms with E-state index in [2.05, 4.69) is 10.9 Å². The fourth-order valence-electron chi connectivity index (χ4n) is 1.07. The lowest BCUT2D eigenvalue weighted by atomic mass is 10.2. The van der Waals surface area contributed by atoms with Gasteiger partial charge < -0.3 is 5.11 Å². The van der Waals surface area contributed by atoms with Crippen LogP contribution >= 0.6 is 0 Å². The minimum absolute atomic E-state index is 0.435. The van der Waals surface area contributed by atoms with Crippen LogP contribution in [-0.2, 0) is 6.54 Å². The molecule has 4 nitrogen and oxygen atoms in total. The molecule has 4 heteroatoms. The monoisotopic (exact) mass is 218 g/mol. The highest BCUT2D eigenvalue weighted by molar-refractivity contribution is 5.63. The highest BCUT2D eigenvalue weighted by Crippen LogP contribution is 1.93. The third kappa shape index (κ3) is 5.62. The van der Waals surface area contributed by atoms with Gasteiger partial charge in [0.25, 0.3) is 0 Å². The van der Waals surface area contributed by atoms with Crippen molar-refractivity contribution in [2.45, 2.75) is 6.54 Å². The maximum absolute atomic E-state index is 10.2. The predicted octanol–water partition coefficient (Wildman–Crippen LogP) is 2.08. The minimum Gasteiger partial charge on any atom is -0.464 e. The Morgan fingerprint density at radius 1 is 1.00 bits per heavy atom. The fraction of sp³-hybridized carbons (Fsp3) is 0.0833. The first-order valence-corrected chi connectivity index (χ1v) is 4.88. The van der Waals surface area contributed by atoms with Gasteiger partial charge in [0.1, 0.15) is 0 Å². The van der Waals surface area contributed by atoms with Gasteiger partial charge in [0, 0.05) is 6.54 Å². The van der Waals surface area contributed by atoms with Crippen molar-refractivity contribution in [2.75, 3.05) is 0 Å². The number of carbonyl (C=O) groups is 1. The van der Waals surface area contributed by atoms with Gasteiger partial charge in [-0.15, -0.1) is 0 Å². The zero-order valence-corrected chi connectivity index (χ0v) is 8.76. The topological polar surface area (TPSA) is 61.4 Å². The van der Waals surface area contributed by atoms with E-state index in [9.17, 15) is 4.79 Å². The first-order valence-electron chi connectivity index (χ1n) is 4.88. The summed E-state index contributed by atoms with van der Waals surface area (Å²) in [5.41, 5.74) is 5.66. The Labute approximate surface area is 94.2 Å². The molecule has 0 aliphatic rings. The van der Waals surface area contributed by atoms with Crippen LogP contribution in [0, 0.1) is 0 Å². The van der Waals surface area contributed by atoms with E-state index in [4.69, 9.17) is 5.11 Å². The van der Waals surface area contributed by atoms with E-state index < -0.39 is 6.09 Å². The van der Waals surface area contributed by atoms with Crippen LogP contribution in [0.5, 0.6) is 0 Å². The van der Waals surface area contributed by atoms with E-state index >= 15 is 0 Å². The molecule has 0 fully saturated rings. The lowest BCUT2D eigenvalue weighted by molar-refractivity contribution is 0.189. The number of nitrogens with one attached hydrogen (secondary N) is 2. The molecule has 3 N–H and O–H groups in total. The number of carboxylic acid groups (broad SMARTS) is 1. The molecule has 1 rings (SSSR count). The summed E-state index contributed by atoms with van der Waals surface area (Å²) in [7, 11) is 0. The van der Waals surface area contributed by atoms with Gasteiger partial charge in [0.15, 0.2) is 0 Å². The highest BCUT2D eigenvalue weighted by Gasteiger charge is 1.91. The van der Waals surface area contributed by atoms with Crippen LogP contribution in [0.1, 0.15) is 5.56 Å². The van der Waals surface area contributed by atoms with Crippen molar-refractivity contribution in [3.63, 3.8) is 0 Å². The molecule has 0 aromatic heterocycles. The molecule has 1 aromatic carbocycles. The van der Waals surface area contributed by atoms with Crippen molar-refractivity contribution in [1.82, 2.24) is 10.9 Å². The Morgan fingerprint density at radius 3 is 2.00 bits per heavy atom. The quantitative estimate of drug-likeness (QED) is 0.681. The number of rotatable bonds is 3. The van der Waals surface area contributed by atoms with Crippen molar-refractivity contribution >= 4 is 6.09 Å². The minimum atomic E-state index is -1.09. The summed E-state index contributed by atoms with van der Waals surface area (Å²) >= 11 is 0. The van der Waals surface area contributed by atoms with E-state index in [1.165, 1.54) is 0 Å². The van der Waals surface area contributed by atoms with E-state index in [-0.39, 0.29) is 0 Å². The third-order valence-electron chi connectivity index (χ3n) is 1.78. The molecule has 0 radical (unpaired) electrons. The first kappa shape index (κ1) is 12.0. The number of hydrogen-bond donors (Lipinski definition) is 3. The summed E-state index contributed by atoms with van der Waals surface area (Å²) in [6.07, 6.45) is -1.09. The molecular weight excluding hydrogens is 204 g/mol. The largest absolute Gasteiger partial charge is 0.464 e. The Kier molecular flexibility index (Phi) is 5.44. The molecule has 0 saturated carbocycles. The molecule has 1 aromatic rings. The van der Waals surface area contributed by atoms with E-state index in [0.717, 1.165) is 5.56 Å². The van der Waals surface area contributed by atoms with Gasteiger partial charge in [-0.05, 0) is 5.56 Å². The molecule has 0 aliphatic carbocycles. The van der Waals surface area contributed by atoms with E-state index in [1.54, 1.807) is 0 Å². The smallest absolute Gasteiger partial charge is 0.419 e. The van der Waals surface area contributed by atoms with Crippen LogP contribution in [-0.4, -0.2) is 11.2 Å². The van der Waals surface area contributed by atoms with Gasteiger partial charge in [-0.3, -0.25) is 5.43 Å². The lowest BCUT2D eigenvalue weighted by Gasteiger charge is -2.01. The Hall–Kier alpha value is -2.07. The average molecular weight is 218 g/mol. The first-order chi connectivity index (χ1) is 7.79. The number of hydrazine groups is 1. The maximum atomic E-state index is 10.2. The van der Waals surface area contributed by atoms with Gasteiger partial charge in [0.05, 0.1) is 0 Å². The Morgan fingerprint density at radius 2 is 1.50 bits per heavy atom. The van der Waals surface area contributed by atoms with Crippen molar-refractivity contribution in [3.8, 4) is 0 Å². The van der Waals surface area contributed by atoms with Crippen LogP contribution in [0.2, 0.25) is 0 Å². The molecule has 84 valence electrons. The van der Waals surface area contributed by atoms with Crippen LogP contribution in [0.25, 0.3) is 0 Å². The van der Waals surface area contributed by atoms with Gasteiger partial charge in [-0.2, -0.15) is 0 Å². The average Bonchev–Trinajstić information content (AvgIpc) is 2.26. The summed E-state index contributed by atoms with van der Waals surface area (Å²) in [6.45, 7) is 0.435. The van der Waals surface area contributed by atoms with Crippen LogP contribution in [0.4, 0.5) is 4.79 Å². The fourth-order valence-corrected chi connectivity index (χ4v) is 1.07. The zero-order chi connectivity index (χ0) is 11.6. The normalized spacial score (nSPS) is 9.00. The van der Waals surface area contributed by atoms with Gasteiger partial charge in [-0.25, -0.2) is 10.2 Å². The summed E-state index contributed by atoms with van der Waals surface area (Å²) < 4.78 is 0. The molecule has 0 atom stereocenters. The third-order valence-corrected chi connectivity index (χ3v) is 1.78. The number of hydrogen-bond acceptors (Lipinski definition) is 2. The molecule has 0 aliphatic heterocycles. The van der Waals surface area contributed by atoms with Crippen LogP contribution in [0.15, 0.2) is 54.6 Å². The van der Waals surface area contributed by atoms with E-state index in [0.29, 0.717) is 6.54 Å². The highest BCUT2D eigenvalue weighted by atomic mass is 16.4. The van der Waals surface area contributed by atoms with Crippen molar-refractivity contribution in [3.05, 3.63) is 60.2 Å². The van der Waals surface area contributed by atoms with E-state index in [1.807, 2.05) is 54.6 Å². The second kappa shape index (κ2) is 7.25. The van der Waals surface area contributed by atoms with Gasteiger partial charge >= 0.3 is 6.09 Å². The summed E-state index contributed by atoms with van der Waals surface area (Å²) in [4.78, 5) is 10.2. The SMILES string of the molecule is O=C(O)NNCc1ccccccccc1. The second-order valence-electron chi connectivity index (χ2n) is 3.04. The zero-order valence-electron chi connectivity index (χ0n) is 8.76. The van der Waals surface area contributed by atoms with Crippen LogP contribution in [0.3, 0.4) is 0 Å². The number of amides is 1. The lowest BCUT2D eigenvalue weighted by Crippen LogP contribution is -2.35. The molecule has 0 bridgehead atoms.